The third-order valence-corrected chi connectivity index (χ3v) is 9.09. The van der Waals surface area contributed by atoms with Crippen LogP contribution in [0.4, 0.5) is 5.69 Å². The van der Waals surface area contributed by atoms with Crippen molar-refractivity contribution < 1.29 is 17.7 Å². The lowest BCUT2D eigenvalue weighted by molar-refractivity contribution is 0.102. The molecule has 1 amide bonds. The summed E-state index contributed by atoms with van der Waals surface area (Å²) >= 11 is 0. The van der Waals surface area contributed by atoms with Gasteiger partial charge >= 0.3 is 0 Å². The summed E-state index contributed by atoms with van der Waals surface area (Å²) in [6.45, 7) is 3.81. The molecule has 2 aliphatic heterocycles. The molecule has 2 fully saturated rings. The highest BCUT2D eigenvalue weighted by Gasteiger charge is 2.43. The van der Waals surface area contributed by atoms with Crippen LogP contribution < -0.4 is 10.6 Å². The lowest BCUT2D eigenvalue weighted by Gasteiger charge is -2.37. The summed E-state index contributed by atoms with van der Waals surface area (Å²) in [5.74, 6) is 0.389. The molecule has 0 saturated carbocycles. The maximum Gasteiger partial charge on any atom is 0.274 e. The van der Waals surface area contributed by atoms with E-state index >= 15 is 0 Å². The lowest BCUT2D eigenvalue weighted by atomic mass is 10.0. The summed E-state index contributed by atoms with van der Waals surface area (Å²) < 4.78 is 34.1. The first-order chi connectivity index (χ1) is 17.4. The van der Waals surface area contributed by atoms with Gasteiger partial charge in [0.25, 0.3) is 5.91 Å². The first-order valence-corrected chi connectivity index (χ1v) is 13.3. The maximum absolute atomic E-state index is 13.0. The number of hydrogen-bond donors (Lipinski definition) is 2. The minimum absolute atomic E-state index is 0.129. The summed E-state index contributed by atoms with van der Waals surface area (Å²) in [7, 11) is -3.31. The van der Waals surface area contributed by atoms with E-state index in [1.54, 1.807) is 22.9 Å². The van der Waals surface area contributed by atoms with Gasteiger partial charge in [-0.15, -0.1) is 0 Å². The van der Waals surface area contributed by atoms with E-state index in [2.05, 4.69) is 25.8 Å². The Labute approximate surface area is 207 Å². The summed E-state index contributed by atoms with van der Waals surface area (Å²) in [5.41, 5.74) is 3.31. The molecule has 36 heavy (non-hydrogen) atoms. The smallest absolute Gasteiger partial charge is 0.274 e. The fourth-order valence-corrected chi connectivity index (χ4v) is 6.54. The van der Waals surface area contributed by atoms with E-state index in [1.165, 1.54) is 4.31 Å². The van der Waals surface area contributed by atoms with Gasteiger partial charge in [0, 0.05) is 37.1 Å². The average molecular weight is 508 g/mol. The summed E-state index contributed by atoms with van der Waals surface area (Å²) in [5, 5.41) is 9.80. The monoisotopic (exact) mass is 507 g/mol. The number of hydrogen-bond acceptors (Lipinski definition) is 8. The second-order valence-corrected chi connectivity index (χ2v) is 11.4. The van der Waals surface area contributed by atoms with Crippen molar-refractivity contribution in [1.29, 1.82) is 0 Å². The molecule has 3 aromatic heterocycles. The van der Waals surface area contributed by atoms with E-state index < -0.39 is 10.0 Å². The summed E-state index contributed by atoms with van der Waals surface area (Å²) in [4.78, 5) is 21.7. The highest BCUT2D eigenvalue weighted by atomic mass is 32.2. The fourth-order valence-electron chi connectivity index (χ4n) is 4.60. The number of carbonyl (C=O) groups excluding carboxylic acids is 1. The third kappa shape index (κ3) is 3.96. The third-order valence-electron chi connectivity index (χ3n) is 6.83. The van der Waals surface area contributed by atoms with E-state index in [0.717, 1.165) is 12.1 Å². The zero-order chi connectivity index (χ0) is 24.9. The van der Waals surface area contributed by atoms with Gasteiger partial charge in [0.2, 0.25) is 21.7 Å². The van der Waals surface area contributed by atoms with Crippen molar-refractivity contribution in [1.82, 2.24) is 29.1 Å². The molecule has 2 aliphatic rings. The van der Waals surface area contributed by atoms with Crippen LogP contribution in [0.5, 0.6) is 0 Å². The molecule has 0 radical (unpaired) electrons. The van der Waals surface area contributed by atoms with E-state index in [4.69, 9.17) is 4.52 Å². The molecule has 2 N–H and O–H groups in total. The zero-order valence-electron chi connectivity index (χ0n) is 19.6. The van der Waals surface area contributed by atoms with Crippen molar-refractivity contribution in [3.8, 4) is 11.4 Å². The van der Waals surface area contributed by atoms with Crippen LogP contribution in [0.15, 0.2) is 53.3 Å². The zero-order valence-corrected chi connectivity index (χ0v) is 20.4. The first kappa shape index (κ1) is 22.8. The van der Waals surface area contributed by atoms with Crippen LogP contribution in [0.1, 0.15) is 34.3 Å². The number of benzene rings is 1. The van der Waals surface area contributed by atoms with E-state index in [-0.39, 0.29) is 17.1 Å². The minimum atomic E-state index is -3.31. The SMILES string of the molecule is Cc1ccc(-c2noc(C3CN(S(=O)(=O)C4CCNC4)C3)n2)cc1NC(=O)c1cnc2ccccn12. The van der Waals surface area contributed by atoms with E-state index in [1.807, 2.05) is 37.3 Å². The second kappa shape index (κ2) is 8.80. The second-order valence-electron chi connectivity index (χ2n) is 9.19. The molecule has 2 saturated heterocycles. The highest BCUT2D eigenvalue weighted by molar-refractivity contribution is 7.89. The number of anilines is 1. The number of fused-ring (bicyclic) bond motifs is 1. The quantitative estimate of drug-likeness (QED) is 0.405. The van der Waals surface area contributed by atoms with Gasteiger partial charge in [0.15, 0.2) is 0 Å². The lowest BCUT2D eigenvalue weighted by Crippen LogP contribution is -2.52. The van der Waals surface area contributed by atoms with Gasteiger partial charge in [0.1, 0.15) is 11.3 Å². The predicted molar refractivity (Wildman–Crippen MR) is 132 cm³/mol. The number of amides is 1. The number of rotatable bonds is 6. The number of carbonyl (C=O) groups is 1. The van der Waals surface area contributed by atoms with Crippen molar-refractivity contribution in [2.45, 2.75) is 24.5 Å². The van der Waals surface area contributed by atoms with Crippen LogP contribution >= 0.6 is 0 Å². The Morgan fingerprint density at radius 3 is 2.89 bits per heavy atom. The Balaban J connectivity index is 1.16. The Morgan fingerprint density at radius 2 is 2.08 bits per heavy atom. The molecule has 0 bridgehead atoms. The highest BCUT2D eigenvalue weighted by Crippen LogP contribution is 2.32. The normalized spacial score (nSPS) is 19.0. The molecular formula is C24H25N7O4S. The molecule has 4 aromatic rings. The number of sulfonamides is 1. The average Bonchev–Trinajstić information content (AvgIpc) is 3.60. The Kier molecular flexibility index (Phi) is 5.58. The van der Waals surface area contributed by atoms with Crippen LogP contribution in [0.25, 0.3) is 17.0 Å². The molecule has 186 valence electrons. The molecule has 0 spiro atoms. The van der Waals surface area contributed by atoms with Crippen LogP contribution in [0, 0.1) is 6.92 Å². The van der Waals surface area contributed by atoms with Crippen molar-refractivity contribution in [3.63, 3.8) is 0 Å². The van der Waals surface area contributed by atoms with E-state index in [9.17, 15) is 13.2 Å². The van der Waals surface area contributed by atoms with Crippen LogP contribution in [-0.2, 0) is 10.0 Å². The van der Waals surface area contributed by atoms with Crippen molar-refractivity contribution in [3.05, 3.63) is 65.9 Å². The van der Waals surface area contributed by atoms with Gasteiger partial charge in [-0.05, 0) is 43.7 Å². The topological polar surface area (TPSA) is 135 Å². The molecule has 1 atom stereocenters. The van der Waals surface area contributed by atoms with Crippen molar-refractivity contribution in [2.75, 3.05) is 31.5 Å². The fraction of sp³-hybridized carbons (Fsp3) is 0.333. The molecule has 1 aromatic carbocycles. The van der Waals surface area contributed by atoms with E-state index in [0.29, 0.717) is 60.4 Å². The predicted octanol–water partition coefficient (Wildman–Crippen LogP) is 2.04. The van der Waals surface area contributed by atoms with Gasteiger partial charge in [-0.3, -0.25) is 9.20 Å². The maximum atomic E-state index is 13.0. The molecular weight excluding hydrogens is 482 g/mol. The molecule has 5 heterocycles. The van der Waals surface area contributed by atoms with Crippen molar-refractivity contribution in [2.24, 2.45) is 0 Å². The van der Waals surface area contributed by atoms with Gasteiger partial charge in [-0.1, -0.05) is 23.4 Å². The number of pyridine rings is 1. The van der Waals surface area contributed by atoms with Gasteiger partial charge in [0.05, 0.1) is 17.4 Å². The Morgan fingerprint density at radius 1 is 1.22 bits per heavy atom. The standard InChI is InChI=1S/C24H25N7O4S/c1-15-5-6-16(10-19(15)27-23(32)20-12-26-21-4-2-3-9-31(20)21)22-28-24(35-29-22)17-13-30(14-17)36(33,34)18-7-8-25-11-18/h2-6,9-10,12,17-18,25H,7-8,11,13-14H2,1H3,(H,27,32). The number of aryl methyl sites for hydroxylation is 1. The van der Waals surface area contributed by atoms with Crippen LogP contribution in [-0.4, -0.2) is 69.6 Å². The van der Waals surface area contributed by atoms with Crippen LogP contribution in [0.3, 0.4) is 0 Å². The largest absolute Gasteiger partial charge is 0.339 e. The van der Waals surface area contributed by atoms with Gasteiger partial charge in [-0.2, -0.15) is 9.29 Å². The summed E-state index contributed by atoms with van der Waals surface area (Å²) in [6, 6.07) is 11.1. The molecule has 6 rings (SSSR count). The molecule has 1 unspecified atom stereocenters. The van der Waals surface area contributed by atoms with Crippen LogP contribution in [0.2, 0.25) is 0 Å². The first-order valence-electron chi connectivity index (χ1n) is 11.8. The Hall–Kier alpha value is -3.61. The number of aromatic nitrogens is 4. The van der Waals surface area contributed by atoms with Gasteiger partial charge < -0.3 is 15.2 Å². The number of nitrogens with one attached hydrogen (secondary N) is 2. The minimum Gasteiger partial charge on any atom is -0.339 e. The van der Waals surface area contributed by atoms with Gasteiger partial charge in [-0.25, -0.2) is 13.4 Å². The number of imidazole rings is 1. The number of nitrogens with zero attached hydrogens (tertiary/aromatic N) is 5. The van der Waals surface area contributed by atoms with Crippen molar-refractivity contribution >= 4 is 27.3 Å². The molecule has 12 heteroatoms. The molecule has 0 aliphatic carbocycles. The summed E-state index contributed by atoms with van der Waals surface area (Å²) in [6.07, 6.45) is 3.97. The molecule has 11 nitrogen and oxygen atoms in total. The Bertz CT molecular complexity index is 1550.